The van der Waals surface area contributed by atoms with E-state index < -0.39 is 0 Å². The highest BCUT2D eigenvalue weighted by molar-refractivity contribution is 7.15. The molecule has 1 fully saturated rings. The zero-order chi connectivity index (χ0) is 13.9. The first-order valence-corrected chi connectivity index (χ1v) is 8.73. The number of aryl methyl sites for hydroxylation is 1. The normalized spacial score (nSPS) is 23.5. The molecule has 2 aromatic rings. The Morgan fingerprint density at radius 1 is 1.45 bits per heavy atom. The van der Waals surface area contributed by atoms with Crippen molar-refractivity contribution in [3.8, 4) is 0 Å². The predicted molar refractivity (Wildman–Crippen MR) is 85.3 cm³/mol. The van der Waals surface area contributed by atoms with Gasteiger partial charge in [-0.2, -0.15) is 0 Å². The van der Waals surface area contributed by atoms with Gasteiger partial charge in [0.1, 0.15) is 0 Å². The Kier molecular flexibility index (Phi) is 4.41. The summed E-state index contributed by atoms with van der Waals surface area (Å²) in [7, 11) is 0. The summed E-state index contributed by atoms with van der Waals surface area (Å²) in [4.78, 5) is 5.70. The number of thiazole rings is 1. The number of hydrogen-bond acceptors (Lipinski definition) is 3. The maximum absolute atomic E-state index is 4.59. The minimum atomic E-state index is 0.937. The Balaban J connectivity index is 1.48. The lowest BCUT2D eigenvalue weighted by Crippen LogP contribution is -2.21. The van der Waals surface area contributed by atoms with Crippen molar-refractivity contribution in [2.24, 2.45) is 11.8 Å². The van der Waals surface area contributed by atoms with Crippen LogP contribution in [0.3, 0.4) is 0 Å². The molecule has 2 aromatic heterocycles. The van der Waals surface area contributed by atoms with Gasteiger partial charge in [0.15, 0.2) is 4.96 Å². The highest BCUT2D eigenvalue weighted by Gasteiger charge is 2.18. The number of nitrogens with zero attached hydrogens (tertiary/aromatic N) is 2. The summed E-state index contributed by atoms with van der Waals surface area (Å²) in [5.74, 6) is 1.88. The second kappa shape index (κ2) is 6.27. The van der Waals surface area contributed by atoms with Crippen LogP contribution in [0, 0.1) is 18.8 Å². The molecule has 2 unspecified atom stereocenters. The third-order valence-corrected chi connectivity index (χ3v) is 5.38. The Labute approximate surface area is 125 Å². The number of fused-ring (bicyclic) bond motifs is 1. The van der Waals surface area contributed by atoms with E-state index in [4.69, 9.17) is 0 Å². The summed E-state index contributed by atoms with van der Waals surface area (Å²) < 4.78 is 2.22. The third-order valence-electron chi connectivity index (χ3n) is 4.63. The first kappa shape index (κ1) is 14.1. The number of imidazole rings is 1. The summed E-state index contributed by atoms with van der Waals surface area (Å²) in [5, 5.41) is 5.72. The molecular formula is C16H25N3S. The molecular weight excluding hydrogens is 266 g/mol. The second-order valence-electron chi connectivity index (χ2n) is 6.30. The lowest BCUT2D eigenvalue weighted by atomic mass is 9.81. The third kappa shape index (κ3) is 3.07. The minimum absolute atomic E-state index is 0.937. The van der Waals surface area contributed by atoms with Crippen LogP contribution in [-0.4, -0.2) is 15.9 Å². The van der Waals surface area contributed by atoms with Gasteiger partial charge in [-0.15, -0.1) is 11.3 Å². The van der Waals surface area contributed by atoms with Gasteiger partial charge in [-0.1, -0.05) is 26.2 Å². The molecule has 1 aliphatic rings. The summed E-state index contributed by atoms with van der Waals surface area (Å²) in [5.41, 5.74) is 2.48. The van der Waals surface area contributed by atoms with E-state index in [0.717, 1.165) is 35.6 Å². The molecule has 20 heavy (non-hydrogen) atoms. The molecule has 2 atom stereocenters. The highest BCUT2D eigenvalue weighted by atomic mass is 32.1. The van der Waals surface area contributed by atoms with Gasteiger partial charge in [-0.25, -0.2) is 4.98 Å². The van der Waals surface area contributed by atoms with E-state index >= 15 is 0 Å². The van der Waals surface area contributed by atoms with E-state index in [-0.39, 0.29) is 0 Å². The van der Waals surface area contributed by atoms with Crippen molar-refractivity contribution in [2.45, 2.75) is 52.5 Å². The molecule has 1 N–H and O–H groups in total. The van der Waals surface area contributed by atoms with E-state index in [1.807, 2.05) is 0 Å². The fourth-order valence-corrected chi connectivity index (χ4v) is 4.27. The minimum Gasteiger partial charge on any atom is -0.311 e. The lowest BCUT2D eigenvalue weighted by molar-refractivity contribution is 0.267. The van der Waals surface area contributed by atoms with Crippen LogP contribution in [0.2, 0.25) is 0 Å². The van der Waals surface area contributed by atoms with Crippen molar-refractivity contribution in [1.29, 1.82) is 0 Å². The molecule has 0 bridgehead atoms. The fraction of sp³-hybridized carbons (Fsp3) is 0.688. The molecule has 0 radical (unpaired) electrons. The van der Waals surface area contributed by atoms with Gasteiger partial charge in [0.2, 0.25) is 0 Å². The van der Waals surface area contributed by atoms with Crippen LogP contribution in [0.4, 0.5) is 0 Å². The maximum Gasteiger partial charge on any atom is 0.194 e. The summed E-state index contributed by atoms with van der Waals surface area (Å²) in [6, 6.07) is 0. The van der Waals surface area contributed by atoms with Gasteiger partial charge >= 0.3 is 0 Å². The molecule has 1 aliphatic carbocycles. The van der Waals surface area contributed by atoms with Gasteiger partial charge in [-0.05, 0) is 38.1 Å². The van der Waals surface area contributed by atoms with E-state index in [2.05, 4.69) is 40.1 Å². The molecule has 1 saturated carbocycles. The number of aromatic nitrogens is 2. The Hall–Kier alpha value is -0.870. The number of rotatable bonds is 5. The lowest BCUT2D eigenvalue weighted by Gasteiger charge is -2.26. The predicted octanol–water partition coefficient (Wildman–Crippen LogP) is 4.01. The summed E-state index contributed by atoms with van der Waals surface area (Å²) in [6.07, 6.45) is 9.20. The van der Waals surface area contributed by atoms with E-state index in [1.165, 1.54) is 37.8 Å². The van der Waals surface area contributed by atoms with E-state index in [1.54, 1.807) is 11.3 Å². The fourth-order valence-electron chi connectivity index (χ4n) is 3.49. The van der Waals surface area contributed by atoms with Gasteiger partial charge in [0.05, 0.1) is 11.4 Å². The second-order valence-corrected chi connectivity index (χ2v) is 7.18. The molecule has 0 aliphatic heterocycles. The smallest absolute Gasteiger partial charge is 0.194 e. The number of hydrogen-bond donors (Lipinski definition) is 1. The van der Waals surface area contributed by atoms with Crippen molar-refractivity contribution in [2.75, 3.05) is 6.54 Å². The van der Waals surface area contributed by atoms with Crippen molar-refractivity contribution >= 4 is 16.3 Å². The van der Waals surface area contributed by atoms with E-state index in [9.17, 15) is 0 Å². The molecule has 4 heteroatoms. The Bertz CT molecular complexity index is 557. The molecule has 110 valence electrons. The van der Waals surface area contributed by atoms with Crippen molar-refractivity contribution < 1.29 is 0 Å². The quantitative estimate of drug-likeness (QED) is 0.843. The van der Waals surface area contributed by atoms with Crippen LogP contribution < -0.4 is 5.32 Å². The number of nitrogens with one attached hydrogen (secondary N) is 1. The zero-order valence-electron chi connectivity index (χ0n) is 12.6. The summed E-state index contributed by atoms with van der Waals surface area (Å²) >= 11 is 1.71. The van der Waals surface area contributed by atoms with E-state index in [0.29, 0.717) is 0 Å². The zero-order valence-corrected chi connectivity index (χ0v) is 13.4. The SMILES string of the molecule is Cc1nc2sccn2c1CNCCC1CCCC(C)C1. The van der Waals surface area contributed by atoms with Crippen LogP contribution in [0.25, 0.3) is 4.96 Å². The molecule has 3 nitrogen and oxygen atoms in total. The van der Waals surface area contributed by atoms with Crippen LogP contribution in [0.1, 0.15) is 50.4 Å². The first-order chi connectivity index (χ1) is 9.74. The molecule has 2 heterocycles. The van der Waals surface area contributed by atoms with Crippen molar-refractivity contribution in [3.05, 3.63) is 23.0 Å². The Morgan fingerprint density at radius 2 is 2.35 bits per heavy atom. The Morgan fingerprint density at radius 3 is 3.20 bits per heavy atom. The molecule has 0 spiro atoms. The average Bonchev–Trinajstić information content (AvgIpc) is 2.96. The molecule has 0 saturated heterocycles. The largest absolute Gasteiger partial charge is 0.311 e. The van der Waals surface area contributed by atoms with Gasteiger partial charge < -0.3 is 5.32 Å². The van der Waals surface area contributed by atoms with Crippen LogP contribution in [0.5, 0.6) is 0 Å². The highest BCUT2D eigenvalue weighted by Crippen LogP contribution is 2.30. The molecule has 0 aromatic carbocycles. The molecule has 3 rings (SSSR count). The average molecular weight is 291 g/mol. The monoisotopic (exact) mass is 291 g/mol. The van der Waals surface area contributed by atoms with Crippen molar-refractivity contribution in [1.82, 2.24) is 14.7 Å². The van der Waals surface area contributed by atoms with Crippen LogP contribution in [0.15, 0.2) is 11.6 Å². The van der Waals surface area contributed by atoms with Crippen LogP contribution in [-0.2, 0) is 6.54 Å². The van der Waals surface area contributed by atoms with Gasteiger partial charge in [-0.3, -0.25) is 4.40 Å². The topological polar surface area (TPSA) is 29.3 Å². The van der Waals surface area contributed by atoms with Crippen molar-refractivity contribution in [3.63, 3.8) is 0 Å². The van der Waals surface area contributed by atoms with Crippen LogP contribution >= 0.6 is 11.3 Å². The standard InChI is InChI=1S/C16H25N3S/c1-12-4-3-5-14(10-12)6-7-17-11-15-13(2)18-16-19(15)8-9-20-16/h8-9,12,14,17H,3-7,10-11H2,1-2H3. The first-order valence-electron chi connectivity index (χ1n) is 7.86. The van der Waals surface area contributed by atoms with Gasteiger partial charge in [0.25, 0.3) is 0 Å². The maximum atomic E-state index is 4.59. The summed E-state index contributed by atoms with van der Waals surface area (Å²) in [6.45, 7) is 6.59. The van der Waals surface area contributed by atoms with Gasteiger partial charge in [0, 0.05) is 18.1 Å². The molecule has 0 amide bonds.